The molecule has 1 atom stereocenters. The van der Waals surface area contributed by atoms with E-state index in [1.165, 1.54) is 19.4 Å². The van der Waals surface area contributed by atoms with Crippen LogP contribution in [0, 0.1) is 0 Å². The van der Waals surface area contributed by atoms with Crippen LogP contribution >= 0.6 is 0 Å². The maximum Gasteiger partial charge on any atom is 0.313 e. The number of esters is 1. The van der Waals surface area contributed by atoms with Crippen molar-refractivity contribution in [3.63, 3.8) is 0 Å². The molecule has 2 amide bonds. The Morgan fingerprint density at radius 3 is 2.95 bits per heavy atom. The summed E-state index contributed by atoms with van der Waals surface area (Å²) in [6.45, 7) is 0.481. The van der Waals surface area contributed by atoms with E-state index < -0.39 is 5.97 Å². The average Bonchev–Trinajstić information content (AvgIpc) is 2.91. The van der Waals surface area contributed by atoms with Gasteiger partial charge in [-0.15, -0.1) is 0 Å². The molecule has 2 rings (SSSR count). The van der Waals surface area contributed by atoms with E-state index in [2.05, 4.69) is 10.1 Å². The van der Waals surface area contributed by atoms with Gasteiger partial charge in [0.25, 0.3) is 5.91 Å². The fourth-order valence-corrected chi connectivity index (χ4v) is 2.28. The van der Waals surface area contributed by atoms with E-state index in [9.17, 15) is 14.4 Å². The van der Waals surface area contributed by atoms with Gasteiger partial charge in [0.05, 0.1) is 18.9 Å². The summed E-state index contributed by atoms with van der Waals surface area (Å²) in [7, 11) is 2.99. The van der Waals surface area contributed by atoms with E-state index in [4.69, 9.17) is 4.42 Å². The van der Waals surface area contributed by atoms with Gasteiger partial charge in [-0.2, -0.15) is 0 Å². The van der Waals surface area contributed by atoms with Crippen molar-refractivity contribution in [1.82, 2.24) is 10.2 Å². The summed E-state index contributed by atoms with van der Waals surface area (Å²) in [5.41, 5.74) is 0.319. The minimum Gasteiger partial charge on any atom is -0.469 e. The summed E-state index contributed by atoms with van der Waals surface area (Å²) in [5.74, 6) is -0.424. The third-order valence-corrected chi connectivity index (χ3v) is 3.48. The first kappa shape index (κ1) is 15.1. The molecule has 0 radical (unpaired) electrons. The molecule has 7 nitrogen and oxygen atoms in total. The highest BCUT2D eigenvalue weighted by molar-refractivity contribution is 5.96. The molecule has 1 aromatic rings. The van der Waals surface area contributed by atoms with Crippen LogP contribution in [0.15, 0.2) is 16.7 Å². The van der Waals surface area contributed by atoms with Gasteiger partial charge in [-0.05, 0) is 12.5 Å². The Morgan fingerprint density at radius 2 is 2.29 bits per heavy atom. The molecule has 114 valence electrons. The summed E-state index contributed by atoms with van der Waals surface area (Å²) in [5, 5.41) is 2.86. The molecule has 0 unspecified atom stereocenters. The number of piperidine rings is 1. The Kier molecular flexibility index (Phi) is 4.62. The van der Waals surface area contributed by atoms with Crippen LogP contribution in [0.3, 0.4) is 0 Å². The summed E-state index contributed by atoms with van der Waals surface area (Å²) in [4.78, 5) is 36.5. The van der Waals surface area contributed by atoms with Crippen LogP contribution in [0.1, 0.15) is 29.0 Å². The normalized spacial score (nSPS) is 18.5. The Morgan fingerprint density at radius 1 is 1.52 bits per heavy atom. The highest BCUT2D eigenvalue weighted by Gasteiger charge is 2.26. The molecule has 0 aromatic carbocycles. The molecule has 1 aliphatic heterocycles. The highest BCUT2D eigenvalue weighted by Crippen LogP contribution is 2.14. The van der Waals surface area contributed by atoms with Crippen LogP contribution in [0.25, 0.3) is 0 Å². The minimum absolute atomic E-state index is 0.0789. The maximum atomic E-state index is 12.2. The summed E-state index contributed by atoms with van der Waals surface area (Å²) in [6, 6.07) is 1.42. The number of hydrogen-bond donors (Lipinski definition) is 1. The summed E-state index contributed by atoms with van der Waals surface area (Å²) < 4.78 is 9.72. The van der Waals surface area contributed by atoms with Gasteiger partial charge in [-0.3, -0.25) is 14.4 Å². The molecule has 1 aliphatic rings. The van der Waals surface area contributed by atoms with Crippen molar-refractivity contribution < 1.29 is 23.5 Å². The average molecular weight is 294 g/mol. The number of ether oxygens (including phenoxy) is 1. The van der Waals surface area contributed by atoms with Crippen molar-refractivity contribution in [1.29, 1.82) is 0 Å². The van der Waals surface area contributed by atoms with E-state index in [1.807, 2.05) is 0 Å². The van der Waals surface area contributed by atoms with Crippen LogP contribution in [0.2, 0.25) is 0 Å². The van der Waals surface area contributed by atoms with Gasteiger partial charge >= 0.3 is 5.97 Å². The monoisotopic (exact) mass is 294 g/mol. The third kappa shape index (κ3) is 3.62. The number of carbonyl (C=O) groups excluding carboxylic acids is 3. The smallest absolute Gasteiger partial charge is 0.313 e. The lowest BCUT2D eigenvalue weighted by molar-refractivity contribution is -0.140. The quantitative estimate of drug-likeness (QED) is 0.809. The van der Waals surface area contributed by atoms with Crippen LogP contribution in [0.4, 0.5) is 0 Å². The predicted octanol–water partition coefficient (Wildman–Crippen LogP) is 0.346. The zero-order valence-electron chi connectivity index (χ0n) is 12.0. The number of likely N-dealkylation sites (N-methyl/N-ethyl adjacent to an activating group) is 1. The van der Waals surface area contributed by atoms with Crippen LogP contribution in [-0.2, 0) is 20.7 Å². The second-order valence-corrected chi connectivity index (χ2v) is 4.99. The molecule has 0 aliphatic carbocycles. The van der Waals surface area contributed by atoms with E-state index >= 15 is 0 Å². The first-order valence-corrected chi connectivity index (χ1v) is 6.69. The topological polar surface area (TPSA) is 88.8 Å². The SMILES string of the molecule is COC(=O)Cc1occc1C(=O)N[C@H]1CCC(=O)N(C)C1. The van der Waals surface area contributed by atoms with E-state index in [0.717, 1.165) is 0 Å². The second kappa shape index (κ2) is 6.43. The zero-order chi connectivity index (χ0) is 15.4. The number of amides is 2. The predicted molar refractivity (Wildman–Crippen MR) is 72.6 cm³/mol. The molecule has 7 heteroatoms. The third-order valence-electron chi connectivity index (χ3n) is 3.48. The van der Waals surface area contributed by atoms with Crippen molar-refractivity contribution in [2.24, 2.45) is 0 Å². The first-order valence-electron chi connectivity index (χ1n) is 6.69. The number of hydrogen-bond acceptors (Lipinski definition) is 5. The molecule has 0 spiro atoms. The number of nitrogens with zero attached hydrogens (tertiary/aromatic N) is 1. The number of furan rings is 1. The Bertz CT molecular complexity index is 551. The lowest BCUT2D eigenvalue weighted by Crippen LogP contribution is -2.48. The lowest BCUT2D eigenvalue weighted by atomic mass is 10.0. The first-order chi connectivity index (χ1) is 10.0. The molecular weight excluding hydrogens is 276 g/mol. The molecule has 1 N–H and O–H groups in total. The van der Waals surface area contributed by atoms with Crippen LogP contribution < -0.4 is 5.32 Å². The fraction of sp³-hybridized carbons (Fsp3) is 0.500. The van der Waals surface area contributed by atoms with Gasteiger partial charge in [0.2, 0.25) is 5.91 Å². The van der Waals surface area contributed by atoms with Gasteiger partial charge in [-0.25, -0.2) is 0 Å². The van der Waals surface area contributed by atoms with Gasteiger partial charge in [0.15, 0.2) is 0 Å². The number of methoxy groups -OCH3 is 1. The minimum atomic E-state index is -0.470. The molecule has 1 aromatic heterocycles. The number of rotatable bonds is 4. The second-order valence-electron chi connectivity index (χ2n) is 4.99. The van der Waals surface area contributed by atoms with Gasteiger partial charge in [0, 0.05) is 26.1 Å². The van der Waals surface area contributed by atoms with Crippen LogP contribution in [0.5, 0.6) is 0 Å². The van der Waals surface area contributed by atoms with Gasteiger partial charge in [0.1, 0.15) is 12.2 Å². The van der Waals surface area contributed by atoms with Crippen LogP contribution in [-0.4, -0.2) is 49.4 Å². The Labute approximate surface area is 122 Å². The summed E-state index contributed by atoms with van der Waals surface area (Å²) in [6.07, 6.45) is 2.31. The van der Waals surface area contributed by atoms with Gasteiger partial charge in [-0.1, -0.05) is 0 Å². The maximum absolute atomic E-state index is 12.2. The number of carbonyl (C=O) groups is 3. The molecule has 1 fully saturated rings. The fourth-order valence-electron chi connectivity index (χ4n) is 2.28. The molecule has 2 heterocycles. The number of likely N-dealkylation sites (tertiary alicyclic amines) is 1. The van der Waals surface area contributed by atoms with Crippen molar-refractivity contribution >= 4 is 17.8 Å². The molecular formula is C14H18N2O5. The van der Waals surface area contributed by atoms with E-state index in [-0.39, 0.29) is 30.0 Å². The van der Waals surface area contributed by atoms with Crippen molar-refractivity contribution in [3.8, 4) is 0 Å². The molecule has 0 saturated carbocycles. The van der Waals surface area contributed by atoms with Crippen molar-refractivity contribution in [3.05, 3.63) is 23.7 Å². The van der Waals surface area contributed by atoms with Gasteiger partial charge < -0.3 is 19.4 Å². The standard InChI is InChI=1S/C14H18N2O5/c1-16-8-9(3-4-12(16)17)15-14(19)10-5-6-21-11(10)7-13(18)20-2/h5-6,9H,3-4,7-8H2,1-2H3,(H,15,19)/t9-/m0/s1. The van der Waals surface area contributed by atoms with E-state index in [0.29, 0.717) is 24.9 Å². The lowest BCUT2D eigenvalue weighted by Gasteiger charge is -2.30. The summed E-state index contributed by atoms with van der Waals surface area (Å²) >= 11 is 0. The largest absolute Gasteiger partial charge is 0.469 e. The Hall–Kier alpha value is -2.31. The van der Waals surface area contributed by atoms with E-state index in [1.54, 1.807) is 11.9 Å². The Balaban J connectivity index is 1.99. The molecule has 1 saturated heterocycles. The molecule has 0 bridgehead atoms. The van der Waals surface area contributed by atoms with Crippen molar-refractivity contribution in [2.45, 2.75) is 25.3 Å². The highest BCUT2D eigenvalue weighted by atomic mass is 16.5. The zero-order valence-corrected chi connectivity index (χ0v) is 12.0. The number of nitrogens with one attached hydrogen (secondary N) is 1. The van der Waals surface area contributed by atoms with Crippen molar-refractivity contribution in [2.75, 3.05) is 20.7 Å². The molecule has 21 heavy (non-hydrogen) atoms.